The first-order valence-corrected chi connectivity index (χ1v) is 12.9. The third-order valence-corrected chi connectivity index (χ3v) is 8.28. The van der Waals surface area contributed by atoms with Gasteiger partial charge in [0.15, 0.2) is 0 Å². The van der Waals surface area contributed by atoms with Crippen LogP contribution in [0.3, 0.4) is 0 Å². The Bertz CT molecular complexity index is 545. The van der Waals surface area contributed by atoms with E-state index in [1.807, 2.05) is 0 Å². The number of hydrogen-bond donors (Lipinski definition) is 0. The zero-order chi connectivity index (χ0) is 21.0. The maximum absolute atomic E-state index is 12.7. The van der Waals surface area contributed by atoms with Crippen molar-refractivity contribution in [3.63, 3.8) is 0 Å². The van der Waals surface area contributed by atoms with Crippen molar-refractivity contribution in [2.45, 2.75) is 89.7 Å². The van der Waals surface area contributed by atoms with Crippen molar-refractivity contribution >= 4 is 5.91 Å². The first kappa shape index (κ1) is 22.5. The second kappa shape index (κ2) is 10.3. The van der Waals surface area contributed by atoms with Gasteiger partial charge in [0.05, 0.1) is 5.60 Å². The molecule has 5 nitrogen and oxygen atoms in total. The first-order valence-electron chi connectivity index (χ1n) is 12.9. The van der Waals surface area contributed by atoms with E-state index in [2.05, 4.69) is 28.5 Å². The van der Waals surface area contributed by atoms with Gasteiger partial charge in [-0.1, -0.05) is 39.5 Å². The molecule has 0 aromatic heterocycles. The molecule has 0 aromatic carbocycles. The minimum Gasteiger partial charge on any atom is -0.375 e. The van der Waals surface area contributed by atoms with E-state index < -0.39 is 0 Å². The van der Waals surface area contributed by atoms with Crippen LogP contribution in [-0.4, -0.2) is 84.7 Å². The van der Waals surface area contributed by atoms with Crippen molar-refractivity contribution < 1.29 is 9.53 Å². The molecule has 3 saturated heterocycles. The number of ether oxygens (including phenoxy) is 1. The molecule has 1 amide bonds. The summed E-state index contributed by atoms with van der Waals surface area (Å²) in [7, 11) is 0. The van der Waals surface area contributed by atoms with Gasteiger partial charge in [0.2, 0.25) is 5.91 Å². The molecule has 4 aliphatic rings. The van der Waals surface area contributed by atoms with Crippen LogP contribution in [0.2, 0.25) is 0 Å². The second-order valence-electron chi connectivity index (χ2n) is 11.0. The Labute approximate surface area is 184 Å². The average molecular weight is 420 g/mol. The summed E-state index contributed by atoms with van der Waals surface area (Å²) in [5, 5.41) is 0. The lowest BCUT2D eigenvalue weighted by atomic mass is 9.81. The highest BCUT2D eigenvalue weighted by molar-refractivity contribution is 5.76. The number of nitrogens with zero attached hydrogens (tertiary/aromatic N) is 3. The van der Waals surface area contributed by atoms with Gasteiger partial charge in [-0.2, -0.15) is 0 Å². The van der Waals surface area contributed by atoms with Crippen LogP contribution >= 0.6 is 0 Å². The van der Waals surface area contributed by atoms with Gasteiger partial charge in [-0.3, -0.25) is 9.69 Å². The molecule has 0 bridgehead atoms. The van der Waals surface area contributed by atoms with E-state index in [0.717, 1.165) is 57.2 Å². The highest BCUT2D eigenvalue weighted by Gasteiger charge is 2.42. The topological polar surface area (TPSA) is 36.0 Å². The number of carbonyl (C=O) groups excluding carboxylic acids is 1. The molecule has 0 N–H and O–H groups in total. The van der Waals surface area contributed by atoms with Crippen LogP contribution in [0, 0.1) is 11.8 Å². The molecular formula is C25H45N3O2. The maximum atomic E-state index is 12.7. The third-order valence-electron chi connectivity index (χ3n) is 8.28. The molecule has 1 spiro atoms. The molecule has 0 unspecified atom stereocenters. The van der Waals surface area contributed by atoms with Crippen molar-refractivity contribution in [2.24, 2.45) is 11.8 Å². The lowest BCUT2D eigenvalue weighted by molar-refractivity contribution is -0.150. The van der Waals surface area contributed by atoms with E-state index >= 15 is 0 Å². The fourth-order valence-electron chi connectivity index (χ4n) is 6.44. The van der Waals surface area contributed by atoms with E-state index in [9.17, 15) is 4.79 Å². The molecule has 1 atom stereocenters. The van der Waals surface area contributed by atoms with Gasteiger partial charge in [0, 0.05) is 64.9 Å². The minimum atomic E-state index is 0.0280. The number of rotatable bonds is 6. The minimum absolute atomic E-state index is 0.0280. The normalized spacial score (nSPS) is 29.2. The highest BCUT2D eigenvalue weighted by atomic mass is 16.5. The smallest absolute Gasteiger partial charge is 0.222 e. The van der Waals surface area contributed by atoms with Gasteiger partial charge in [-0.05, 0) is 43.9 Å². The number of hydrogen-bond acceptors (Lipinski definition) is 4. The molecule has 4 rings (SSSR count). The molecule has 3 heterocycles. The van der Waals surface area contributed by atoms with Gasteiger partial charge in [-0.25, -0.2) is 0 Å². The monoisotopic (exact) mass is 419 g/mol. The van der Waals surface area contributed by atoms with Crippen LogP contribution < -0.4 is 0 Å². The Morgan fingerprint density at radius 3 is 2.37 bits per heavy atom. The summed E-state index contributed by atoms with van der Waals surface area (Å²) in [6, 6.07) is 0.671. The molecular weight excluding hydrogens is 374 g/mol. The van der Waals surface area contributed by atoms with E-state index in [4.69, 9.17) is 4.74 Å². The molecule has 1 saturated carbocycles. The molecule has 1 aliphatic carbocycles. The van der Waals surface area contributed by atoms with Gasteiger partial charge in [-0.15, -0.1) is 0 Å². The second-order valence-corrected chi connectivity index (χ2v) is 11.0. The lowest BCUT2D eigenvalue weighted by Crippen LogP contribution is -2.57. The Balaban J connectivity index is 1.21. The molecule has 30 heavy (non-hydrogen) atoms. The molecule has 172 valence electrons. The molecule has 3 aliphatic heterocycles. The Morgan fingerprint density at radius 2 is 1.70 bits per heavy atom. The summed E-state index contributed by atoms with van der Waals surface area (Å²) in [6.45, 7) is 13.4. The van der Waals surface area contributed by atoms with Crippen LogP contribution in [0.25, 0.3) is 0 Å². The Kier molecular flexibility index (Phi) is 7.75. The van der Waals surface area contributed by atoms with Crippen LogP contribution in [0.15, 0.2) is 0 Å². The summed E-state index contributed by atoms with van der Waals surface area (Å²) >= 11 is 0. The summed E-state index contributed by atoms with van der Waals surface area (Å²) in [4.78, 5) is 20.2. The molecule has 0 aromatic rings. The largest absolute Gasteiger partial charge is 0.375 e. The zero-order valence-corrected chi connectivity index (χ0v) is 19.6. The van der Waals surface area contributed by atoms with Crippen molar-refractivity contribution in [1.82, 2.24) is 14.7 Å². The quantitative estimate of drug-likeness (QED) is 0.657. The fourth-order valence-corrected chi connectivity index (χ4v) is 6.44. The first-order chi connectivity index (χ1) is 14.5. The molecule has 5 heteroatoms. The predicted molar refractivity (Wildman–Crippen MR) is 122 cm³/mol. The fraction of sp³-hybridized carbons (Fsp3) is 0.960. The van der Waals surface area contributed by atoms with Crippen LogP contribution in [-0.2, 0) is 9.53 Å². The zero-order valence-electron chi connectivity index (χ0n) is 19.6. The van der Waals surface area contributed by atoms with E-state index in [-0.39, 0.29) is 5.60 Å². The van der Waals surface area contributed by atoms with Crippen molar-refractivity contribution in [3.8, 4) is 0 Å². The number of piperidine rings is 1. The number of amides is 1. The van der Waals surface area contributed by atoms with E-state index in [1.54, 1.807) is 0 Å². The SMILES string of the molecule is CC(C)CN1CCN([C@@H]2CCOC3(CCN(C(=O)CCC4CCCC4)CC3)C2)CC1. The predicted octanol–water partition coefficient (Wildman–Crippen LogP) is 3.77. The van der Waals surface area contributed by atoms with E-state index in [1.165, 1.54) is 71.2 Å². The van der Waals surface area contributed by atoms with E-state index in [0.29, 0.717) is 11.9 Å². The molecule has 4 fully saturated rings. The van der Waals surface area contributed by atoms with Crippen LogP contribution in [0.1, 0.15) is 78.1 Å². The summed E-state index contributed by atoms with van der Waals surface area (Å²) in [5.41, 5.74) is 0.0280. The number of carbonyl (C=O) groups is 1. The lowest BCUT2D eigenvalue weighted by Gasteiger charge is -2.49. The summed E-state index contributed by atoms with van der Waals surface area (Å²) in [5.74, 6) is 1.97. The van der Waals surface area contributed by atoms with Crippen molar-refractivity contribution in [2.75, 3.05) is 52.4 Å². The van der Waals surface area contributed by atoms with Crippen LogP contribution in [0.4, 0.5) is 0 Å². The summed E-state index contributed by atoms with van der Waals surface area (Å²) < 4.78 is 6.40. The highest BCUT2D eigenvalue weighted by Crippen LogP contribution is 2.37. The van der Waals surface area contributed by atoms with Gasteiger partial charge >= 0.3 is 0 Å². The number of piperazine rings is 1. The average Bonchev–Trinajstić information content (AvgIpc) is 3.26. The summed E-state index contributed by atoms with van der Waals surface area (Å²) in [6.07, 6.45) is 11.7. The van der Waals surface area contributed by atoms with Gasteiger partial charge < -0.3 is 14.5 Å². The standard InChI is InChI=1S/C25H45N3O2/c1-21(2)20-26-14-16-27(17-15-26)23-9-18-30-25(19-23)10-12-28(13-11-25)24(29)8-7-22-5-3-4-6-22/h21-23H,3-20H2,1-2H3/t23-/m1/s1. The third kappa shape index (κ3) is 5.77. The van der Waals surface area contributed by atoms with Gasteiger partial charge in [0.25, 0.3) is 0 Å². The Morgan fingerprint density at radius 1 is 1.00 bits per heavy atom. The van der Waals surface area contributed by atoms with Crippen molar-refractivity contribution in [3.05, 3.63) is 0 Å². The number of likely N-dealkylation sites (tertiary alicyclic amines) is 1. The van der Waals surface area contributed by atoms with Crippen LogP contribution in [0.5, 0.6) is 0 Å². The maximum Gasteiger partial charge on any atom is 0.222 e. The van der Waals surface area contributed by atoms with Crippen molar-refractivity contribution in [1.29, 1.82) is 0 Å². The Hall–Kier alpha value is -0.650. The van der Waals surface area contributed by atoms with Gasteiger partial charge in [0.1, 0.15) is 0 Å². The molecule has 0 radical (unpaired) electrons.